The first-order valence-electron chi connectivity index (χ1n) is 4.83. The Hall–Kier alpha value is -0.710. The number of nitrogens with one attached hydrogen (secondary N) is 2. The summed E-state index contributed by atoms with van der Waals surface area (Å²) in [6, 6.07) is -0.0216. The van der Waals surface area contributed by atoms with Crippen molar-refractivity contribution < 1.29 is 4.79 Å². The van der Waals surface area contributed by atoms with E-state index in [1.54, 1.807) is 11.8 Å². The molecule has 0 aromatic heterocycles. The lowest BCUT2D eigenvalue weighted by Gasteiger charge is -2.16. The molecule has 1 aliphatic heterocycles. The van der Waals surface area contributed by atoms with E-state index < -0.39 is 0 Å². The van der Waals surface area contributed by atoms with Crippen molar-refractivity contribution in [3.05, 3.63) is 0 Å². The molecule has 1 unspecified atom stereocenters. The lowest BCUT2D eigenvalue weighted by molar-refractivity contribution is -0.122. The highest BCUT2D eigenvalue weighted by atomic mass is 32.2. The first-order valence-corrected chi connectivity index (χ1v) is 5.82. The topological polar surface area (TPSA) is 53.5 Å². The Balaban J connectivity index is 2.33. The Bertz CT molecular complexity index is 240. The van der Waals surface area contributed by atoms with Crippen LogP contribution in [0.15, 0.2) is 4.99 Å². The largest absolute Gasteiger partial charge is 0.353 e. The number of aliphatic imine (C=N–C) groups is 1. The maximum atomic E-state index is 11.5. The minimum atomic E-state index is -0.207. The fraction of sp³-hybridized carbons (Fsp3) is 0.778. The standard InChI is InChI=1S/C9H17N3OS/c1-6(2)11-8(13)7(3)12-9-10-4-5-14-9/h6-7H,4-5H2,1-3H3,(H,10,12)(H,11,13). The summed E-state index contributed by atoms with van der Waals surface area (Å²) in [4.78, 5) is 15.7. The minimum absolute atomic E-state index is 0.0233. The van der Waals surface area contributed by atoms with Crippen LogP contribution in [0.1, 0.15) is 20.8 Å². The molecular weight excluding hydrogens is 198 g/mol. The third-order valence-electron chi connectivity index (χ3n) is 1.75. The zero-order chi connectivity index (χ0) is 10.6. The fourth-order valence-electron chi connectivity index (χ4n) is 1.08. The zero-order valence-electron chi connectivity index (χ0n) is 8.83. The maximum Gasteiger partial charge on any atom is 0.242 e. The first kappa shape index (κ1) is 11.4. The van der Waals surface area contributed by atoms with E-state index in [1.807, 2.05) is 20.8 Å². The van der Waals surface area contributed by atoms with Crippen LogP contribution in [-0.2, 0) is 4.79 Å². The summed E-state index contributed by atoms with van der Waals surface area (Å²) < 4.78 is 0. The minimum Gasteiger partial charge on any atom is -0.353 e. The summed E-state index contributed by atoms with van der Waals surface area (Å²) in [5.41, 5.74) is 0. The number of amidine groups is 1. The molecule has 1 heterocycles. The van der Waals surface area contributed by atoms with Gasteiger partial charge in [0.2, 0.25) is 5.91 Å². The highest BCUT2D eigenvalue weighted by Gasteiger charge is 2.16. The zero-order valence-corrected chi connectivity index (χ0v) is 9.65. The van der Waals surface area contributed by atoms with Crippen LogP contribution in [0.4, 0.5) is 0 Å². The second-order valence-corrected chi connectivity index (χ2v) is 4.65. The van der Waals surface area contributed by atoms with Gasteiger partial charge < -0.3 is 10.6 Å². The molecule has 0 fully saturated rings. The Morgan fingerprint density at radius 2 is 2.21 bits per heavy atom. The molecule has 0 spiro atoms. The molecule has 0 aromatic carbocycles. The third kappa shape index (κ3) is 3.57. The normalized spacial score (nSPS) is 17.9. The van der Waals surface area contributed by atoms with Crippen LogP contribution in [0, 0.1) is 0 Å². The van der Waals surface area contributed by atoms with E-state index in [4.69, 9.17) is 0 Å². The smallest absolute Gasteiger partial charge is 0.242 e. The van der Waals surface area contributed by atoms with Gasteiger partial charge >= 0.3 is 0 Å². The van der Waals surface area contributed by atoms with E-state index in [-0.39, 0.29) is 18.0 Å². The number of hydrogen-bond donors (Lipinski definition) is 2. The average molecular weight is 215 g/mol. The molecule has 80 valence electrons. The summed E-state index contributed by atoms with van der Waals surface area (Å²) in [6.45, 7) is 6.60. The van der Waals surface area contributed by atoms with E-state index in [0.29, 0.717) is 0 Å². The van der Waals surface area contributed by atoms with Gasteiger partial charge in [-0.1, -0.05) is 11.8 Å². The Kier molecular flexibility index (Phi) is 4.25. The van der Waals surface area contributed by atoms with E-state index in [1.165, 1.54) is 0 Å². The predicted octanol–water partition coefficient (Wildman–Crippen LogP) is 0.592. The number of hydrogen-bond acceptors (Lipinski definition) is 4. The summed E-state index contributed by atoms with van der Waals surface area (Å²) in [6.07, 6.45) is 0. The van der Waals surface area contributed by atoms with E-state index in [0.717, 1.165) is 17.5 Å². The van der Waals surface area contributed by atoms with Gasteiger partial charge in [0.15, 0.2) is 5.17 Å². The van der Waals surface area contributed by atoms with Crippen LogP contribution in [0.25, 0.3) is 0 Å². The van der Waals surface area contributed by atoms with Gasteiger partial charge in [-0.25, -0.2) is 0 Å². The van der Waals surface area contributed by atoms with Crippen molar-refractivity contribution in [3.63, 3.8) is 0 Å². The van der Waals surface area contributed by atoms with Crippen LogP contribution in [-0.4, -0.2) is 35.5 Å². The maximum absolute atomic E-state index is 11.5. The molecule has 2 N–H and O–H groups in total. The second kappa shape index (κ2) is 5.24. The molecule has 0 radical (unpaired) electrons. The van der Waals surface area contributed by atoms with Crippen LogP contribution < -0.4 is 10.6 Å². The molecule has 0 aliphatic carbocycles. The van der Waals surface area contributed by atoms with Crippen LogP contribution in [0.2, 0.25) is 0 Å². The Morgan fingerprint density at radius 1 is 1.50 bits per heavy atom. The highest BCUT2D eigenvalue weighted by Crippen LogP contribution is 2.09. The van der Waals surface area contributed by atoms with Gasteiger partial charge in [-0.05, 0) is 20.8 Å². The number of rotatable bonds is 3. The third-order valence-corrected chi connectivity index (χ3v) is 2.66. The van der Waals surface area contributed by atoms with Crippen molar-refractivity contribution in [2.75, 3.05) is 12.3 Å². The number of amides is 1. The lowest BCUT2D eigenvalue weighted by Crippen LogP contribution is -2.45. The first-order chi connectivity index (χ1) is 6.59. The van der Waals surface area contributed by atoms with Crippen molar-refractivity contribution in [2.45, 2.75) is 32.9 Å². The molecule has 0 aromatic rings. The highest BCUT2D eigenvalue weighted by molar-refractivity contribution is 8.14. The van der Waals surface area contributed by atoms with Crippen molar-refractivity contribution in [3.8, 4) is 0 Å². The van der Waals surface area contributed by atoms with E-state index in [2.05, 4.69) is 15.6 Å². The predicted molar refractivity (Wildman–Crippen MR) is 60.6 cm³/mol. The molecule has 0 saturated carbocycles. The van der Waals surface area contributed by atoms with Crippen molar-refractivity contribution in [1.29, 1.82) is 0 Å². The number of carbonyl (C=O) groups is 1. The fourth-order valence-corrected chi connectivity index (χ4v) is 1.90. The monoisotopic (exact) mass is 215 g/mol. The molecule has 1 amide bonds. The molecule has 1 rings (SSSR count). The van der Waals surface area contributed by atoms with Crippen molar-refractivity contribution in [1.82, 2.24) is 10.6 Å². The summed E-state index contributed by atoms with van der Waals surface area (Å²) in [5.74, 6) is 1.04. The van der Waals surface area contributed by atoms with E-state index >= 15 is 0 Å². The van der Waals surface area contributed by atoms with Gasteiger partial charge in [0.25, 0.3) is 0 Å². The molecule has 5 heteroatoms. The second-order valence-electron chi connectivity index (χ2n) is 3.56. The Morgan fingerprint density at radius 3 is 2.71 bits per heavy atom. The summed E-state index contributed by atoms with van der Waals surface area (Å²) in [5, 5.41) is 6.82. The Labute approximate surface area is 88.9 Å². The van der Waals surface area contributed by atoms with Gasteiger partial charge in [0.05, 0.1) is 6.54 Å². The molecular formula is C9H17N3OS. The van der Waals surface area contributed by atoms with Gasteiger partial charge in [0.1, 0.15) is 6.04 Å². The molecule has 1 aliphatic rings. The molecule has 0 saturated heterocycles. The van der Waals surface area contributed by atoms with Crippen LogP contribution in [0.3, 0.4) is 0 Å². The van der Waals surface area contributed by atoms with E-state index in [9.17, 15) is 4.79 Å². The average Bonchev–Trinajstić information content (AvgIpc) is 2.55. The van der Waals surface area contributed by atoms with Crippen LogP contribution >= 0.6 is 11.8 Å². The van der Waals surface area contributed by atoms with Gasteiger partial charge in [0, 0.05) is 11.8 Å². The molecule has 1 atom stereocenters. The lowest BCUT2D eigenvalue weighted by atomic mass is 10.3. The summed E-state index contributed by atoms with van der Waals surface area (Å²) in [7, 11) is 0. The van der Waals surface area contributed by atoms with Gasteiger partial charge in [-0.3, -0.25) is 9.79 Å². The number of nitrogens with zero attached hydrogens (tertiary/aromatic N) is 1. The van der Waals surface area contributed by atoms with Crippen molar-refractivity contribution in [2.24, 2.45) is 4.99 Å². The molecule has 4 nitrogen and oxygen atoms in total. The van der Waals surface area contributed by atoms with Crippen molar-refractivity contribution >= 4 is 22.8 Å². The van der Waals surface area contributed by atoms with Gasteiger partial charge in [-0.2, -0.15) is 0 Å². The number of carbonyl (C=O) groups excluding carboxylic acids is 1. The molecule has 0 bridgehead atoms. The number of thioether (sulfide) groups is 1. The SMILES string of the molecule is CC(C)NC(=O)C(C)NC1=NCCS1. The summed E-state index contributed by atoms with van der Waals surface area (Å²) >= 11 is 1.67. The van der Waals surface area contributed by atoms with Gasteiger partial charge in [-0.15, -0.1) is 0 Å². The van der Waals surface area contributed by atoms with Crippen LogP contribution in [0.5, 0.6) is 0 Å². The molecule has 14 heavy (non-hydrogen) atoms. The quantitative estimate of drug-likeness (QED) is 0.724.